The third-order valence-electron chi connectivity index (χ3n) is 3.97. The molecule has 1 aliphatic rings. The van der Waals surface area contributed by atoms with Gasteiger partial charge in [-0.1, -0.05) is 12.1 Å². The molecule has 1 aliphatic heterocycles. The number of piperazine rings is 1. The first-order chi connectivity index (χ1) is 9.97. The van der Waals surface area contributed by atoms with E-state index in [1.54, 1.807) is 6.92 Å². The van der Waals surface area contributed by atoms with Gasteiger partial charge in [0, 0.05) is 38.8 Å². The maximum Gasteiger partial charge on any atom is 0.241 e. The lowest BCUT2D eigenvalue weighted by Crippen LogP contribution is -2.53. The second kappa shape index (κ2) is 6.72. The van der Waals surface area contributed by atoms with E-state index in [9.17, 15) is 9.59 Å². The number of aryl methyl sites for hydroxylation is 1. The van der Waals surface area contributed by atoms with E-state index in [1.165, 1.54) is 0 Å². The maximum atomic E-state index is 12.3. The summed E-state index contributed by atoms with van der Waals surface area (Å²) in [5, 5.41) is 2.95. The van der Waals surface area contributed by atoms with E-state index < -0.39 is 0 Å². The lowest BCUT2D eigenvalue weighted by molar-refractivity contribution is -0.131. The van der Waals surface area contributed by atoms with E-state index in [0.717, 1.165) is 24.3 Å². The molecule has 5 nitrogen and oxygen atoms in total. The van der Waals surface area contributed by atoms with Crippen LogP contribution in [0.5, 0.6) is 0 Å². The first-order valence-electron chi connectivity index (χ1n) is 7.34. The molecule has 2 amide bonds. The molecule has 0 spiro atoms. The molecule has 5 heteroatoms. The molecule has 1 aromatic carbocycles. The van der Waals surface area contributed by atoms with Crippen molar-refractivity contribution in [2.45, 2.75) is 26.8 Å². The van der Waals surface area contributed by atoms with E-state index in [0.29, 0.717) is 13.1 Å². The highest BCUT2D eigenvalue weighted by Crippen LogP contribution is 2.12. The monoisotopic (exact) mass is 289 g/mol. The number of rotatable bonds is 3. The Morgan fingerprint density at radius 1 is 1.19 bits per heavy atom. The summed E-state index contributed by atoms with van der Waals surface area (Å²) < 4.78 is 0. The van der Waals surface area contributed by atoms with Gasteiger partial charge < -0.3 is 10.2 Å². The van der Waals surface area contributed by atoms with E-state index in [1.807, 2.05) is 43.0 Å². The predicted molar refractivity (Wildman–Crippen MR) is 83.1 cm³/mol. The van der Waals surface area contributed by atoms with Crippen molar-refractivity contribution in [3.05, 3.63) is 29.8 Å². The van der Waals surface area contributed by atoms with Crippen LogP contribution in [-0.2, 0) is 9.59 Å². The van der Waals surface area contributed by atoms with Gasteiger partial charge in [0.15, 0.2) is 0 Å². The zero-order chi connectivity index (χ0) is 15.4. The van der Waals surface area contributed by atoms with Crippen molar-refractivity contribution in [2.24, 2.45) is 0 Å². The highest BCUT2D eigenvalue weighted by atomic mass is 16.2. The minimum atomic E-state index is -0.195. The molecule has 114 valence electrons. The minimum absolute atomic E-state index is 0.00289. The highest BCUT2D eigenvalue weighted by molar-refractivity contribution is 5.94. The Morgan fingerprint density at radius 2 is 1.86 bits per heavy atom. The zero-order valence-corrected chi connectivity index (χ0v) is 12.9. The third kappa shape index (κ3) is 4.04. The normalized spacial score (nSPS) is 17.4. The Bertz CT molecular complexity index is 522. The summed E-state index contributed by atoms with van der Waals surface area (Å²) in [4.78, 5) is 27.6. The molecular weight excluding hydrogens is 266 g/mol. The van der Waals surface area contributed by atoms with Gasteiger partial charge in [0.2, 0.25) is 11.8 Å². The minimum Gasteiger partial charge on any atom is -0.340 e. The van der Waals surface area contributed by atoms with Crippen molar-refractivity contribution in [3.63, 3.8) is 0 Å². The molecule has 21 heavy (non-hydrogen) atoms. The van der Waals surface area contributed by atoms with Crippen LogP contribution in [0.25, 0.3) is 0 Å². The van der Waals surface area contributed by atoms with E-state index >= 15 is 0 Å². The standard InChI is InChI=1S/C16H23N3O2/c1-12-5-4-6-15(11-12)17-16(21)13(2)18-7-9-19(10-8-18)14(3)20/h4-6,11,13H,7-10H2,1-3H3,(H,17,21). The number of amides is 2. The van der Waals surface area contributed by atoms with Crippen molar-refractivity contribution in [1.82, 2.24) is 9.80 Å². The van der Waals surface area contributed by atoms with Gasteiger partial charge in [0.05, 0.1) is 6.04 Å². The van der Waals surface area contributed by atoms with Crippen LogP contribution in [0.2, 0.25) is 0 Å². The maximum absolute atomic E-state index is 12.3. The third-order valence-corrected chi connectivity index (χ3v) is 3.97. The van der Waals surface area contributed by atoms with Gasteiger partial charge in [-0.05, 0) is 31.5 Å². The zero-order valence-electron chi connectivity index (χ0n) is 12.9. The molecule has 0 aliphatic carbocycles. The number of hydrogen-bond acceptors (Lipinski definition) is 3. The summed E-state index contributed by atoms with van der Waals surface area (Å²) in [7, 11) is 0. The summed E-state index contributed by atoms with van der Waals surface area (Å²) in [5.41, 5.74) is 1.95. The largest absolute Gasteiger partial charge is 0.340 e. The van der Waals surface area contributed by atoms with Gasteiger partial charge in [-0.15, -0.1) is 0 Å². The molecule has 0 bridgehead atoms. The van der Waals surface area contributed by atoms with Crippen LogP contribution in [0, 0.1) is 6.92 Å². The molecule has 1 unspecified atom stereocenters. The predicted octanol–water partition coefficient (Wildman–Crippen LogP) is 1.49. The summed E-state index contributed by atoms with van der Waals surface area (Å²) >= 11 is 0. The second-order valence-electron chi connectivity index (χ2n) is 5.58. The van der Waals surface area contributed by atoms with Crippen LogP contribution in [0.4, 0.5) is 5.69 Å². The fourth-order valence-electron chi connectivity index (χ4n) is 2.56. The summed E-state index contributed by atoms with van der Waals surface area (Å²) in [5.74, 6) is 0.100. The Hall–Kier alpha value is -1.88. The number of anilines is 1. The molecule has 1 saturated heterocycles. The Morgan fingerprint density at radius 3 is 2.43 bits per heavy atom. The molecule has 0 saturated carbocycles. The number of nitrogens with zero attached hydrogens (tertiary/aromatic N) is 2. The van der Waals surface area contributed by atoms with Crippen molar-refractivity contribution < 1.29 is 9.59 Å². The smallest absolute Gasteiger partial charge is 0.241 e. The van der Waals surface area contributed by atoms with Crippen LogP contribution >= 0.6 is 0 Å². The second-order valence-corrected chi connectivity index (χ2v) is 5.58. The van der Waals surface area contributed by atoms with Gasteiger partial charge in [-0.3, -0.25) is 14.5 Å². The first-order valence-corrected chi connectivity index (χ1v) is 7.34. The SMILES string of the molecule is CC(=O)N1CCN(C(C)C(=O)Nc2cccc(C)c2)CC1. The summed E-state index contributed by atoms with van der Waals surface area (Å²) in [6.45, 7) is 8.36. The molecule has 0 radical (unpaired) electrons. The Labute approximate surface area is 125 Å². The van der Waals surface area contributed by atoms with Crippen LogP contribution in [0.3, 0.4) is 0 Å². The highest BCUT2D eigenvalue weighted by Gasteiger charge is 2.26. The summed E-state index contributed by atoms with van der Waals surface area (Å²) in [6, 6.07) is 7.59. The van der Waals surface area contributed by atoms with Crippen molar-refractivity contribution >= 4 is 17.5 Å². The van der Waals surface area contributed by atoms with Crippen molar-refractivity contribution in [1.29, 1.82) is 0 Å². The van der Waals surface area contributed by atoms with Gasteiger partial charge in [0.25, 0.3) is 0 Å². The Kier molecular flexibility index (Phi) is 4.96. The van der Waals surface area contributed by atoms with E-state index in [2.05, 4.69) is 10.2 Å². The van der Waals surface area contributed by atoms with Gasteiger partial charge in [-0.2, -0.15) is 0 Å². The molecule has 2 rings (SSSR count). The van der Waals surface area contributed by atoms with E-state index in [4.69, 9.17) is 0 Å². The van der Waals surface area contributed by atoms with Gasteiger partial charge in [-0.25, -0.2) is 0 Å². The van der Waals surface area contributed by atoms with Gasteiger partial charge >= 0.3 is 0 Å². The van der Waals surface area contributed by atoms with E-state index in [-0.39, 0.29) is 17.9 Å². The summed E-state index contributed by atoms with van der Waals surface area (Å²) in [6.07, 6.45) is 0. The van der Waals surface area contributed by atoms with Crippen LogP contribution in [-0.4, -0.2) is 53.8 Å². The molecular formula is C16H23N3O2. The first kappa shape index (κ1) is 15.5. The number of benzene rings is 1. The Balaban J connectivity index is 1.90. The fourth-order valence-corrected chi connectivity index (χ4v) is 2.56. The molecule has 1 N–H and O–H groups in total. The lowest BCUT2D eigenvalue weighted by Gasteiger charge is -2.37. The molecule has 1 aromatic rings. The number of nitrogens with one attached hydrogen (secondary N) is 1. The lowest BCUT2D eigenvalue weighted by atomic mass is 10.2. The number of carbonyl (C=O) groups excluding carboxylic acids is 2. The van der Waals surface area contributed by atoms with Crippen molar-refractivity contribution in [3.8, 4) is 0 Å². The molecule has 0 aromatic heterocycles. The number of carbonyl (C=O) groups is 2. The van der Waals surface area contributed by atoms with Crippen LogP contribution in [0.1, 0.15) is 19.4 Å². The van der Waals surface area contributed by atoms with Gasteiger partial charge in [0.1, 0.15) is 0 Å². The average molecular weight is 289 g/mol. The fraction of sp³-hybridized carbons (Fsp3) is 0.500. The van der Waals surface area contributed by atoms with Crippen LogP contribution in [0.15, 0.2) is 24.3 Å². The topological polar surface area (TPSA) is 52.7 Å². The van der Waals surface area contributed by atoms with Crippen molar-refractivity contribution in [2.75, 3.05) is 31.5 Å². The molecule has 1 fully saturated rings. The molecule has 1 heterocycles. The molecule has 1 atom stereocenters. The quantitative estimate of drug-likeness (QED) is 0.917. The van der Waals surface area contributed by atoms with Crippen LogP contribution < -0.4 is 5.32 Å². The number of hydrogen-bond donors (Lipinski definition) is 1. The average Bonchev–Trinajstić information content (AvgIpc) is 2.46.